The lowest BCUT2D eigenvalue weighted by atomic mass is 10.1. The van der Waals surface area contributed by atoms with E-state index in [4.69, 9.17) is 9.47 Å². The van der Waals surface area contributed by atoms with Crippen molar-refractivity contribution in [1.29, 1.82) is 0 Å². The predicted octanol–water partition coefficient (Wildman–Crippen LogP) is 15.3. The minimum Gasteiger partial charge on any atom is -0.462 e. The zero-order chi connectivity index (χ0) is 43.5. The van der Waals surface area contributed by atoms with E-state index in [1.165, 1.54) is 0 Å². The van der Waals surface area contributed by atoms with E-state index in [0.29, 0.717) is 12.8 Å². The van der Waals surface area contributed by atoms with Crippen LogP contribution in [0.25, 0.3) is 0 Å². The van der Waals surface area contributed by atoms with Crippen LogP contribution in [0.2, 0.25) is 0 Å². The molecule has 1 N–H and O–H groups in total. The van der Waals surface area contributed by atoms with Crippen molar-refractivity contribution in [2.45, 2.75) is 161 Å². The summed E-state index contributed by atoms with van der Waals surface area (Å²) in [6, 6.07) is 0. The maximum Gasteiger partial charge on any atom is 0.306 e. The Morgan fingerprint density at radius 3 is 1.00 bits per heavy atom. The molecule has 0 saturated heterocycles. The van der Waals surface area contributed by atoms with E-state index in [-0.39, 0.29) is 31.6 Å². The molecule has 0 rings (SSSR count). The largest absolute Gasteiger partial charge is 0.462 e. The summed E-state index contributed by atoms with van der Waals surface area (Å²) in [5.74, 6) is -0.698. The van der Waals surface area contributed by atoms with Crippen LogP contribution in [-0.2, 0) is 19.1 Å². The lowest BCUT2D eigenvalue weighted by molar-refractivity contribution is -0.161. The highest BCUT2D eigenvalue weighted by Gasteiger charge is 2.16. The topological polar surface area (TPSA) is 72.8 Å². The van der Waals surface area contributed by atoms with Crippen LogP contribution < -0.4 is 0 Å². The smallest absolute Gasteiger partial charge is 0.306 e. The van der Waals surface area contributed by atoms with Crippen molar-refractivity contribution in [3.63, 3.8) is 0 Å². The molecule has 0 aromatic heterocycles. The number of rotatable bonds is 39. The van der Waals surface area contributed by atoms with Gasteiger partial charge in [-0.1, -0.05) is 178 Å². The standard InChI is InChI=1S/C55H82O5/c1-3-5-7-9-11-13-15-17-19-21-23-24-25-26-27-28-29-30-32-34-36-38-40-42-44-46-48-50-55(58)60-53(51-56)52-59-54(57)49-47-45-43-41-39-37-35-33-31-22-20-18-16-14-12-10-8-6-4-2/h5-8,11-14,17-20,23-24,26-27,29-31,33-34,36-37,39-40,42,53,56H,3-4,9-10,15-16,21-22,25,28,32,35,38,41,43-52H2,1-2H3/b7-5-,8-6-,13-11-,14-12-,19-17-,20-18-,24-23-,27-26-,30-29-,33-31-,36-34-,39-37-,42-40-. The number of carbonyl (C=O) groups excluding carboxylic acids is 2. The SMILES string of the molecule is CC/C=C\C/C=C\C/C=C\C/C=C\C/C=C\C/C=C\C/C=C\C/C=C\CCCCC(=O)OC(CO)COC(=O)CCCCC/C=C\C/C=C\C/C=C\C/C=C\C/C=C\CC. The number of unbranched alkanes of at least 4 members (excludes halogenated alkanes) is 5. The second kappa shape index (κ2) is 48.9. The third kappa shape index (κ3) is 46.2. The average molecular weight is 823 g/mol. The average Bonchev–Trinajstić information content (AvgIpc) is 3.25. The Bertz CT molecular complexity index is 1390. The number of ether oxygens (including phenoxy) is 2. The molecule has 0 aromatic rings. The summed E-state index contributed by atoms with van der Waals surface area (Å²) < 4.78 is 10.6. The summed E-state index contributed by atoms with van der Waals surface area (Å²) in [4.78, 5) is 24.4. The molecular formula is C55H82O5. The molecule has 0 heterocycles. The number of esters is 2. The first kappa shape index (κ1) is 55.5. The lowest BCUT2D eigenvalue weighted by Gasteiger charge is -2.15. The summed E-state index contributed by atoms with van der Waals surface area (Å²) >= 11 is 0. The molecule has 0 fully saturated rings. The van der Waals surface area contributed by atoms with Crippen molar-refractivity contribution in [3.8, 4) is 0 Å². The minimum atomic E-state index is -0.823. The van der Waals surface area contributed by atoms with Crippen LogP contribution in [0.15, 0.2) is 158 Å². The van der Waals surface area contributed by atoms with Gasteiger partial charge in [-0.25, -0.2) is 0 Å². The van der Waals surface area contributed by atoms with Crippen LogP contribution in [0.5, 0.6) is 0 Å². The van der Waals surface area contributed by atoms with Crippen molar-refractivity contribution >= 4 is 11.9 Å². The molecule has 0 amide bonds. The van der Waals surface area contributed by atoms with E-state index >= 15 is 0 Å². The van der Waals surface area contributed by atoms with Crippen molar-refractivity contribution in [1.82, 2.24) is 0 Å². The van der Waals surface area contributed by atoms with E-state index in [2.05, 4.69) is 172 Å². The zero-order valence-electron chi connectivity index (χ0n) is 37.6. The van der Waals surface area contributed by atoms with Crippen LogP contribution in [0.4, 0.5) is 0 Å². The highest BCUT2D eigenvalue weighted by molar-refractivity contribution is 5.70. The van der Waals surface area contributed by atoms with Crippen LogP contribution in [0.3, 0.4) is 0 Å². The van der Waals surface area contributed by atoms with Crippen LogP contribution >= 0.6 is 0 Å². The molecule has 0 aliphatic heterocycles. The molecule has 0 saturated carbocycles. The predicted molar refractivity (Wildman–Crippen MR) is 260 cm³/mol. The molecule has 5 nitrogen and oxygen atoms in total. The number of allylic oxidation sites excluding steroid dienone is 26. The molecule has 0 spiro atoms. The maximum atomic E-state index is 12.2. The molecule has 1 atom stereocenters. The van der Waals surface area contributed by atoms with E-state index in [1.54, 1.807) is 0 Å². The monoisotopic (exact) mass is 823 g/mol. The van der Waals surface area contributed by atoms with Gasteiger partial charge >= 0.3 is 11.9 Å². The number of carbonyl (C=O) groups is 2. The highest BCUT2D eigenvalue weighted by Crippen LogP contribution is 2.08. The molecule has 0 aliphatic carbocycles. The summed E-state index contributed by atoms with van der Waals surface area (Å²) in [5, 5.41) is 9.59. The number of aliphatic hydroxyl groups excluding tert-OH is 1. The van der Waals surface area contributed by atoms with Gasteiger partial charge < -0.3 is 14.6 Å². The van der Waals surface area contributed by atoms with E-state index in [0.717, 1.165) is 122 Å². The molecule has 60 heavy (non-hydrogen) atoms. The molecule has 1 unspecified atom stereocenters. The normalized spacial score (nSPS) is 13.7. The molecule has 5 heteroatoms. The van der Waals surface area contributed by atoms with Gasteiger partial charge in [0.1, 0.15) is 6.61 Å². The van der Waals surface area contributed by atoms with Crippen LogP contribution in [0, 0.1) is 0 Å². The second-order valence-corrected chi connectivity index (χ2v) is 14.4. The first-order valence-electron chi connectivity index (χ1n) is 23.0. The fraction of sp³-hybridized carbons (Fsp3) is 0.491. The van der Waals surface area contributed by atoms with E-state index in [1.807, 2.05) is 0 Å². The fourth-order valence-corrected chi connectivity index (χ4v) is 5.42. The molecule has 0 bridgehead atoms. The van der Waals surface area contributed by atoms with Gasteiger partial charge in [-0.2, -0.15) is 0 Å². The van der Waals surface area contributed by atoms with Gasteiger partial charge in [0.15, 0.2) is 6.10 Å². The Morgan fingerprint density at radius 1 is 0.383 bits per heavy atom. The third-order valence-electron chi connectivity index (χ3n) is 8.82. The molecule has 332 valence electrons. The third-order valence-corrected chi connectivity index (χ3v) is 8.82. The first-order chi connectivity index (χ1) is 29.6. The van der Waals surface area contributed by atoms with Gasteiger partial charge in [0, 0.05) is 12.8 Å². The fourth-order valence-electron chi connectivity index (χ4n) is 5.42. The summed E-state index contributed by atoms with van der Waals surface area (Å²) in [6.07, 6.45) is 76.0. The number of hydrogen-bond acceptors (Lipinski definition) is 5. The number of hydrogen-bond donors (Lipinski definition) is 1. The van der Waals surface area contributed by atoms with Gasteiger partial charge in [-0.05, 0) is 122 Å². The van der Waals surface area contributed by atoms with Crippen molar-refractivity contribution in [2.75, 3.05) is 13.2 Å². The lowest BCUT2D eigenvalue weighted by Crippen LogP contribution is -2.28. The quantitative estimate of drug-likeness (QED) is 0.0380. The van der Waals surface area contributed by atoms with Gasteiger partial charge in [-0.15, -0.1) is 0 Å². The molecular weight excluding hydrogens is 741 g/mol. The van der Waals surface area contributed by atoms with Crippen LogP contribution in [0.1, 0.15) is 155 Å². The van der Waals surface area contributed by atoms with Crippen molar-refractivity contribution < 1.29 is 24.2 Å². The van der Waals surface area contributed by atoms with Gasteiger partial charge in [-0.3, -0.25) is 9.59 Å². The highest BCUT2D eigenvalue weighted by atomic mass is 16.6. The summed E-state index contributed by atoms with van der Waals surface area (Å²) in [5.41, 5.74) is 0. The Labute approximate surface area is 367 Å². The second-order valence-electron chi connectivity index (χ2n) is 14.4. The molecule has 0 aliphatic rings. The van der Waals surface area contributed by atoms with Gasteiger partial charge in [0.05, 0.1) is 6.61 Å². The van der Waals surface area contributed by atoms with Crippen molar-refractivity contribution in [2.24, 2.45) is 0 Å². The maximum absolute atomic E-state index is 12.2. The molecule has 0 aromatic carbocycles. The van der Waals surface area contributed by atoms with Gasteiger partial charge in [0.2, 0.25) is 0 Å². The Balaban J connectivity index is 3.77. The van der Waals surface area contributed by atoms with Gasteiger partial charge in [0.25, 0.3) is 0 Å². The summed E-state index contributed by atoms with van der Waals surface area (Å²) in [6.45, 7) is 3.82. The number of aliphatic hydroxyl groups is 1. The summed E-state index contributed by atoms with van der Waals surface area (Å²) in [7, 11) is 0. The van der Waals surface area contributed by atoms with E-state index < -0.39 is 6.10 Å². The first-order valence-corrected chi connectivity index (χ1v) is 23.0. The van der Waals surface area contributed by atoms with E-state index in [9.17, 15) is 14.7 Å². The zero-order valence-corrected chi connectivity index (χ0v) is 37.6. The Kier molecular flexibility index (Phi) is 45.2. The van der Waals surface area contributed by atoms with Crippen molar-refractivity contribution in [3.05, 3.63) is 158 Å². The Morgan fingerprint density at radius 2 is 0.667 bits per heavy atom. The molecule has 0 radical (unpaired) electrons. The minimum absolute atomic E-state index is 0.114. The van der Waals surface area contributed by atoms with Crippen LogP contribution in [-0.4, -0.2) is 36.4 Å². The Hall–Kier alpha value is -4.48.